The SMILES string of the molecule is CC1OC(CO)C(O)C(O)C1O.CC1OC(CO)C(O)C(O)C1O.CC1OC(CO)C(O)C(O)C1O.CC1OC(CO)C(O)C(O)C1O.CC1OC(CO)C(O)C(O)C1O.CC1OC(CO)C(O)C(O)C1O.CC1OC(CO)C(O)C(O)C1O.CC1OC(CO)C(O)C(O)C1O. The van der Waals surface area contributed by atoms with Crippen LogP contribution in [-0.2, 0) is 37.9 Å². The minimum absolute atomic E-state index is 0.366. The van der Waals surface area contributed by atoms with Crippen molar-refractivity contribution in [2.24, 2.45) is 0 Å². The molecule has 8 aliphatic heterocycles. The maximum absolute atomic E-state index is 9.23. The lowest BCUT2D eigenvalue weighted by atomic mass is 9.96. The van der Waals surface area contributed by atoms with Crippen molar-refractivity contribution < 1.29 is 201 Å². The molecule has 32 N–H and O–H groups in total. The topological polar surface area (TPSA) is 721 Å². The second kappa shape index (κ2) is 44.1. The van der Waals surface area contributed by atoms with E-state index in [1.54, 1.807) is 55.4 Å². The van der Waals surface area contributed by atoms with Gasteiger partial charge in [0.05, 0.1) is 102 Å². The minimum atomic E-state index is -1.24. The molecule has 40 atom stereocenters. The highest BCUT2D eigenvalue weighted by Gasteiger charge is 2.47. The van der Waals surface area contributed by atoms with E-state index in [2.05, 4.69) is 0 Å². The first-order valence-corrected chi connectivity index (χ1v) is 31.0. The molecule has 0 bridgehead atoms. The summed E-state index contributed by atoms with van der Waals surface area (Å²) in [5, 5.41) is 291. The monoisotopic (exact) mass is 1420 g/mol. The normalized spacial score (nSPS) is 49.2. The van der Waals surface area contributed by atoms with Crippen LogP contribution in [0.15, 0.2) is 0 Å². The Morgan fingerprint density at radius 2 is 0.208 bits per heavy atom. The van der Waals surface area contributed by atoms with Gasteiger partial charge in [0.2, 0.25) is 0 Å². The Kier molecular flexibility index (Phi) is 42.5. The van der Waals surface area contributed by atoms with E-state index in [-0.39, 0.29) is 52.9 Å². The van der Waals surface area contributed by atoms with E-state index in [1.165, 1.54) is 0 Å². The predicted molar refractivity (Wildman–Crippen MR) is 316 cm³/mol. The van der Waals surface area contributed by atoms with Gasteiger partial charge in [-0.1, -0.05) is 0 Å². The van der Waals surface area contributed by atoms with Crippen molar-refractivity contribution in [1.29, 1.82) is 0 Å². The smallest absolute Gasteiger partial charge is 0.111 e. The van der Waals surface area contributed by atoms with Gasteiger partial charge in [-0.2, -0.15) is 0 Å². The molecule has 8 heterocycles. The molecule has 96 heavy (non-hydrogen) atoms. The molecule has 8 aliphatic rings. The Labute approximate surface area is 552 Å². The third-order valence-electron chi connectivity index (χ3n) is 17.0. The molecule has 40 heteroatoms. The lowest BCUT2D eigenvalue weighted by molar-refractivity contribution is -0.224. The number of hydrogen-bond donors (Lipinski definition) is 32. The van der Waals surface area contributed by atoms with Gasteiger partial charge >= 0.3 is 0 Å². The van der Waals surface area contributed by atoms with Crippen LogP contribution in [0.2, 0.25) is 0 Å². The maximum Gasteiger partial charge on any atom is 0.111 e. The van der Waals surface area contributed by atoms with E-state index in [4.69, 9.17) is 78.7 Å². The quantitative estimate of drug-likeness (QED) is 0.107. The zero-order chi connectivity index (χ0) is 74.4. The number of hydrogen-bond acceptors (Lipinski definition) is 40. The van der Waals surface area contributed by atoms with Crippen molar-refractivity contribution in [3.8, 4) is 0 Å². The lowest BCUT2D eigenvalue weighted by Crippen LogP contribution is -2.57. The van der Waals surface area contributed by atoms with Crippen molar-refractivity contribution in [1.82, 2.24) is 0 Å². The molecule has 0 aromatic heterocycles. The van der Waals surface area contributed by atoms with Crippen LogP contribution in [0.1, 0.15) is 55.4 Å². The summed E-state index contributed by atoms with van der Waals surface area (Å²) in [5.74, 6) is 0. The summed E-state index contributed by atoms with van der Waals surface area (Å²) in [4.78, 5) is 0. The van der Waals surface area contributed by atoms with Crippen molar-refractivity contribution in [3.05, 3.63) is 0 Å². The summed E-state index contributed by atoms with van der Waals surface area (Å²) in [6, 6.07) is 0. The minimum Gasteiger partial charge on any atom is -0.394 e. The van der Waals surface area contributed by atoms with Crippen molar-refractivity contribution in [2.45, 2.75) is 300 Å². The highest BCUT2D eigenvalue weighted by atomic mass is 16.6. The first-order chi connectivity index (χ1) is 44.6. The van der Waals surface area contributed by atoms with Gasteiger partial charge in [0, 0.05) is 0 Å². The fourth-order valence-electron chi connectivity index (χ4n) is 10.3. The third-order valence-corrected chi connectivity index (χ3v) is 17.0. The molecule has 576 valence electrons. The van der Waals surface area contributed by atoms with Crippen LogP contribution in [0.5, 0.6) is 0 Å². The van der Waals surface area contributed by atoms with E-state index in [9.17, 15) is 123 Å². The Balaban J connectivity index is 0.000000549. The average Bonchev–Trinajstić information content (AvgIpc) is 2.27. The molecule has 0 amide bonds. The molecular formula is C56H112O40. The molecule has 0 aliphatic carbocycles. The van der Waals surface area contributed by atoms with Gasteiger partial charge in [-0.15, -0.1) is 0 Å². The molecule has 0 aromatic carbocycles. The molecule has 8 rings (SSSR count). The van der Waals surface area contributed by atoms with Crippen LogP contribution >= 0.6 is 0 Å². The Morgan fingerprint density at radius 3 is 0.271 bits per heavy atom. The second-order valence-electron chi connectivity index (χ2n) is 24.3. The van der Waals surface area contributed by atoms with Crippen molar-refractivity contribution in [2.75, 3.05) is 52.9 Å². The zero-order valence-corrected chi connectivity index (χ0v) is 54.3. The Morgan fingerprint density at radius 1 is 0.135 bits per heavy atom. The van der Waals surface area contributed by atoms with Crippen LogP contribution in [0.25, 0.3) is 0 Å². The molecule has 40 unspecified atom stereocenters. The lowest BCUT2D eigenvalue weighted by Gasteiger charge is -2.38. The molecule has 40 nitrogen and oxygen atoms in total. The van der Waals surface area contributed by atoms with Gasteiger partial charge in [0.25, 0.3) is 0 Å². The Bertz CT molecular complexity index is 1580. The van der Waals surface area contributed by atoms with Gasteiger partial charge in [0.15, 0.2) is 0 Å². The molecule has 0 radical (unpaired) electrons. The molecule has 8 fully saturated rings. The van der Waals surface area contributed by atoms with E-state index < -0.39 is 244 Å². The standard InChI is InChI=1S/8C7H14O5/c8*1-3-5(9)7(11)6(10)4(2-8)12-3/h8*3-11H,2H2,1H3. The molecular weight excluding hydrogens is 1310 g/mol. The number of aliphatic hydroxyl groups excluding tert-OH is 32. The predicted octanol–water partition coefficient (Wildman–Crippen LogP) is -17.2. The van der Waals surface area contributed by atoms with Crippen LogP contribution in [0.4, 0.5) is 0 Å². The molecule has 0 saturated carbocycles. The van der Waals surface area contributed by atoms with Crippen LogP contribution in [0.3, 0.4) is 0 Å². The number of aliphatic hydroxyl groups is 32. The van der Waals surface area contributed by atoms with E-state index in [0.717, 1.165) is 0 Å². The van der Waals surface area contributed by atoms with Gasteiger partial charge < -0.3 is 201 Å². The summed E-state index contributed by atoms with van der Waals surface area (Å²) in [6.45, 7) is 9.65. The van der Waals surface area contributed by atoms with Gasteiger partial charge in [-0.05, 0) is 55.4 Å². The van der Waals surface area contributed by atoms with Crippen LogP contribution < -0.4 is 0 Å². The van der Waals surface area contributed by atoms with E-state index in [0.29, 0.717) is 0 Å². The highest BCUT2D eigenvalue weighted by molar-refractivity contribution is 4.96. The second-order valence-corrected chi connectivity index (χ2v) is 24.3. The fraction of sp³-hybridized carbons (Fsp3) is 1.00. The first kappa shape index (κ1) is 92.4. The average molecular weight is 1430 g/mol. The van der Waals surface area contributed by atoms with Crippen molar-refractivity contribution >= 4 is 0 Å². The molecule has 0 aromatic rings. The number of rotatable bonds is 8. The summed E-state index contributed by atoms with van der Waals surface area (Å²) < 4.78 is 40.2. The van der Waals surface area contributed by atoms with Crippen LogP contribution in [-0.4, -0.2) is 460 Å². The van der Waals surface area contributed by atoms with Gasteiger partial charge in [-0.3, -0.25) is 0 Å². The first-order valence-electron chi connectivity index (χ1n) is 31.0. The summed E-state index contributed by atoms with van der Waals surface area (Å²) >= 11 is 0. The highest BCUT2D eigenvalue weighted by Crippen LogP contribution is 2.27. The fourth-order valence-corrected chi connectivity index (χ4v) is 10.3. The van der Waals surface area contributed by atoms with Gasteiger partial charge in [-0.25, -0.2) is 0 Å². The summed E-state index contributed by atoms with van der Waals surface area (Å²) in [5.41, 5.74) is 0. The van der Waals surface area contributed by atoms with Crippen molar-refractivity contribution in [3.63, 3.8) is 0 Å². The molecule has 8 saturated heterocycles. The third kappa shape index (κ3) is 25.4. The summed E-state index contributed by atoms with van der Waals surface area (Å²) in [6.07, 6.45) is -39.5. The zero-order valence-electron chi connectivity index (χ0n) is 54.3. The number of ether oxygens (including phenoxy) is 8. The van der Waals surface area contributed by atoms with Crippen LogP contribution in [0, 0.1) is 0 Å². The van der Waals surface area contributed by atoms with E-state index >= 15 is 0 Å². The summed E-state index contributed by atoms with van der Waals surface area (Å²) in [7, 11) is 0. The molecule has 0 spiro atoms. The van der Waals surface area contributed by atoms with Gasteiger partial charge in [0.1, 0.15) is 195 Å². The Hall–Kier alpha value is -1.60. The maximum atomic E-state index is 9.23. The largest absolute Gasteiger partial charge is 0.394 e. The van der Waals surface area contributed by atoms with E-state index in [1.807, 2.05) is 0 Å².